The first-order chi connectivity index (χ1) is 6.97. The minimum Gasteiger partial charge on any atom is -0.396 e. The van der Waals surface area contributed by atoms with Crippen LogP contribution in [0.4, 0.5) is 0 Å². The zero-order chi connectivity index (χ0) is 11.9. The van der Waals surface area contributed by atoms with E-state index in [0.717, 1.165) is 12.8 Å². The van der Waals surface area contributed by atoms with Crippen molar-refractivity contribution in [1.82, 2.24) is 5.32 Å². The van der Waals surface area contributed by atoms with Gasteiger partial charge in [-0.15, -0.1) is 0 Å². The van der Waals surface area contributed by atoms with Crippen molar-refractivity contribution in [1.29, 1.82) is 0 Å². The van der Waals surface area contributed by atoms with Crippen LogP contribution in [0, 0.1) is 5.92 Å². The smallest absolute Gasteiger partial charge is 0.220 e. The lowest BCUT2D eigenvalue weighted by molar-refractivity contribution is -0.123. The third-order valence-corrected chi connectivity index (χ3v) is 3.12. The third kappa shape index (κ3) is 5.78. The fourth-order valence-corrected chi connectivity index (χ4v) is 1.42. The number of aliphatic hydroxyl groups is 1. The first-order valence-corrected chi connectivity index (χ1v) is 5.89. The first-order valence-electron chi connectivity index (χ1n) is 5.89. The SMILES string of the molecule is CCC(C)CC(=O)NC(C)(CC)CCO. The summed E-state index contributed by atoms with van der Waals surface area (Å²) in [4.78, 5) is 11.7. The van der Waals surface area contributed by atoms with E-state index < -0.39 is 0 Å². The highest BCUT2D eigenvalue weighted by Crippen LogP contribution is 2.15. The lowest BCUT2D eigenvalue weighted by Crippen LogP contribution is -2.46. The average Bonchev–Trinajstić information content (AvgIpc) is 2.17. The summed E-state index contributed by atoms with van der Waals surface area (Å²) in [6.07, 6.45) is 3.07. The van der Waals surface area contributed by atoms with Crippen LogP contribution in [0.3, 0.4) is 0 Å². The predicted octanol–water partition coefficient (Wildman–Crippen LogP) is 2.09. The Morgan fingerprint density at radius 1 is 1.47 bits per heavy atom. The van der Waals surface area contributed by atoms with Gasteiger partial charge in [0, 0.05) is 18.6 Å². The van der Waals surface area contributed by atoms with E-state index in [1.165, 1.54) is 0 Å². The highest BCUT2D eigenvalue weighted by molar-refractivity contribution is 5.76. The quantitative estimate of drug-likeness (QED) is 0.683. The molecule has 0 aliphatic rings. The van der Waals surface area contributed by atoms with Gasteiger partial charge >= 0.3 is 0 Å². The molecule has 0 aliphatic heterocycles. The summed E-state index contributed by atoms with van der Waals surface area (Å²) < 4.78 is 0. The molecule has 90 valence electrons. The van der Waals surface area contributed by atoms with Crippen LogP contribution < -0.4 is 5.32 Å². The Balaban J connectivity index is 4.12. The van der Waals surface area contributed by atoms with Crippen LogP contribution in [-0.2, 0) is 4.79 Å². The van der Waals surface area contributed by atoms with Gasteiger partial charge in [-0.05, 0) is 25.7 Å². The molecule has 0 fully saturated rings. The summed E-state index contributed by atoms with van der Waals surface area (Å²) >= 11 is 0. The van der Waals surface area contributed by atoms with Gasteiger partial charge in [-0.25, -0.2) is 0 Å². The summed E-state index contributed by atoms with van der Waals surface area (Å²) in [5.41, 5.74) is -0.251. The van der Waals surface area contributed by atoms with Crippen LogP contribution in [0.5, 0.6) is 0 Å². The second-order valence-corrected chi connectivity index (χ2v) is 4.65. The molecule has 0 saturated heterocycles. The molecule has 0 saturated carbocycles. The second kappa shape index (κ2) is 6.83. The third-order valence-electron chi connectivity index (χ3n) is 3.12. The molecule has 2 N–H and O–H groups in total. The molecule has 0 rings (SSSR count). The fourth-order valence-electron chi connectivity index (χ4n) is 1.42. The molecule has 3 heteroatoms. The van der Waals surface area contributed by atoms with E-state index in [4.69, 9.17) is 5.11 Å². The number of hydrogen-bond donors (Lipinski definition) is 2. The zero-order valence-corrected chi connectivity index (χ0v) is 10.5. The van der Waals surface area contributed by atoms with E-state index in [1.807, 2.05) is 13.8 Å². The standard InChI is InChI=1S/C12H25NO2/c1-5-10(3)9-11(15)13-12(4,6-2)7-8-14/h10,14H,5-9H2,1-4H3,(H,13,15). The summed E-state index contributed by atoms with van der Waals surface area (Å²) in [5, 5.41) is 11.9. The number of nitrogens with one attached hydrogen (secondary N) is 1. The van der Waals surface area contributed by atoms with Crippen LogP contribution in [-0.4, -0.2) is 23.2 Å². The molecule has 0 spiro atoms. The molecule has 2 unspecified atom stereocenters. The van der Waals surface area contributed by atoms with Crippen LogP contribution in [0.2, 0.25) is 0 Å². The van der Waals surface area contributed by atoms with Gasteiger partial charge in [0.05, 0.1) is 0 Å². The maximum absolute atomic E-state index is 11.7. The molecule has 0 bridgehead atoms. The van der Waals surface area contributed by atoms with Gasteiger partial charge < -0.3 is 10.4 Å². The molecule has 3 nitrogen and oxygen atoms in total. The number of carbonyl (C=O) groups is 1. The van der Waals surface area contributed by atoms with Crippen molar-refractivity contribution in [2.45, 2.75) is 58.9 Å². The van der Waals surface area contributed by atoms with Crippen LogP contribution >= 0.6 is 0 Å². The van der Waals surface area contributed by atoms with E-state index in [0.29, 0.717) is 18.8 Å². The highest BCUT2D eigenvalue weighted by atomic mass is 16.3. The van der Waals surface area contributed by atoms with Gasteiger partial charge in [0.25, 0.3) is 0 Å². The fraction of sp³-hybridized carbons (Fsp3) is 0.917. The van der Waals surface area contributed by atoms with Gasteiger partial charge in [0.2, 0.25) is 5.91 Å². The molecule has 0 heterocycles. The molecule has 0 aliphatic carbocycles. The number of hydrogen-bond acceptors (Lipinski definition) is 2. The van der Waals surface area contributed by atoms with Gasteiger partial charge in [0.15, 0.2) is 0 Å². The van der Waals surface area contributed by atoms with Crippen molar-refractivity contribution in [3.05, 3.63) is 0 Å². The Morgan fingerprint density at radius 3 is 2.47 bits per heavy atom. The Kier molecular flexibility index (Phi) is 6.57. The number of amides is 1. The van der Waals surface area contributed by atoms with E-state index in [2.05, 4.69) is 19.2 Å². The molecule has 0 radical (unpaired) electrons. The van der Waals surface area contributed by atoms with Gasteiger partial charge in [-0.3, -0.25) is 4.79 Å². The molecular weight excluding hydrogens is 190 g/mol. The summed E-state index contributed by atoms with van der Waals surface area (Å²) in [5.74, 6) is 0.530. The van der Waals surface area contributed by atoms with Crippen molar-refractivity contribution < 1.29 is 9.90 Å². The minimum atomic E-state index is -0.251. The minimum absolute atomic E-state index is 0.0992. The lowest BCUT2D eigenvalue weighted by atomic mass is 9.94. The normalized spacial score (nSPS) is 16.9. The topological polar surface area (TPSA) is 49.3 Å². The average molecular weight is 215 g/mol. The number of rotatable bonds is 7. The van der Waals surface area contributed by atoms with Crippen molar-refractivity contribution in [2.24, 2.45) is 5.92 Å². The van der Waals surface area contributed by atoms with Gasteiger partial charge in [0.1, 0.15) is 0 Å². The molecule has 15 heavy (non-hydrogen) atoms. The van der Waals surface area contributed by atoms with E-state index >= 15 is 0 Å². The predicted molar refractivity (Wildman–Crippen MR) is 62.6 cm³/mol. The van der Waals surface area contributed by atoms with Gasteiger partial charge in [-0.2, -0.15) is 0 Å². The number of aliphatic hydroxyl groups excluding tert-OH is 1. The molecule has 2 atom stereocenters. The summed E-state index contributed by atoms with van der Waals surface area (Å²) in [7, 11) is 0. The molecule has 1 amide bonds. The largest absolute Gasteiger partial charge is 0.396 e. The Morgan fingerprint density at radius 2 is 2.07 bits per heavy atom. The maximum Gasteiger partial charge on any atom is 0.220 e. The van der Waals surface area contributed by atoms with Crippen molar-refractivity contribution in [3.63, 3.8) is 0 Å². The van der Waals surface area contributed by atoms with Crippen LogP contribution in [0.25, 0.3) is 0 Å². The molecular formula is C12H25NO2. The Hall–Kier alpha value is -0.570. The summed E-state index contributed by atoms with van der Waals surface area (Å²) in [6.45, 7) is 8.30. The second-order valence-electron chi connectivity index (χ2n) is 4.65. The highest BCUT2D eigenvalue weighted by Gasteiger charge is 2.23. The van der Waals surface area contributed by atoms with E-state index in [-0.39, 0.29) is 18.1 Å². The lowest BCUT2D eigenvalue weighted by Gasteiger charge is -2.29. The van der Waals surface area contributed by atoms with Crippen molar-refractivity contribution in [3.8, 4) is 0 Å². The Labute approximate surface area is 93.3 Å². The van der Waals surface area contributed by atoms with Gasteiger partial charge in [-0.1, -0.05) is 27.2 Å². The van der Waals surface area contributed by atoms with Crippen molar-refractivity contribution >= 4 is 5.91 Å². The van der Waals surface area contributed by atoms with E-state index in [9.17, 15) is 4.79 Å². The van der Waals surface area contributed by atoms with Crippen molar-refractivity contribution in [2.75, 3.05) is 6.61 Å². The summed E-state index contributed by atoms with van der Waals surface area (Å²) in [6, 6.07) is 0. The maximum atomic E-state index is 11.7. The molecule has 0 aromatic rings. The first kappa shape index (κ1) is 14.4. The van der Waals surface area contributed by atoms with Crippen LogP contribution in [0.1, 0.15) is 53.4 Å². The zero-order valence-electron chi connectivity index (χ0n) is 10.5. The Bertz CT molecular complexity index is 194. The monoisotopic (exact) mass is 215 g/mol. The molecule has 0 aromatic carbocycles. The molecule has 0 aromatic heterocycles. The van der Waals surface area contributed by atoms with Crippen LogP contribution in [0.15, 0.2) is 0 Å². The number of carbonyl (C=O) groups excluding carboxylic acids is 1. The van der Waals surface area contributed by atoms with E-state index in [1.54, 1.807) is 0 Å².